The number of aryl methyl sites for hydroxylation is 1. The summed E-state index contributed by atoms with van der Waals surface area (Å²) < 4.78 is 1.95. The van der Waals surface area contributed by atoms with E-state index in [1.165, 1.54) is 12.1 Å². The average molecular weight is 295 g/mol. The normalized spacial score (nSPS) is 10.3. The first-order valence-electron chi connectivity index (χ1n) is 6.07. The maximum Gasteiger partial charge on any atom is 0.251 e. The van der Waals surface area contributed by atoms with E-state index in [4.69, 9.17) is 17.4 Å². The number of imidazole rings is 1. The van der Waals surface area contributed by atoms with Gasteiger partial charge in [0, 0.05) is 31.0 Å². The van der Waals surface area contributed by atoms with Crippen molar-refractivity contribution < 1.29 is 4.79 Å². The molecular formula is C12H15ClN6O. The second-order valence-corrected chi connectivity index (χ2v) is 4.51. The molecule has 106 valence electrons. The maximum absolute atomic E-state index is 11.9. The van der Waals surface area contributed by atoms with Crippen LogP contribution in [-0.4, -0.2) is 27.0 Å². The Morgan fingerprint density at radius 2 is 2.30 bits per heavy atom. The van der Waals surface area contributed by atoms with Gasteiger partial charge in [-0.05, 0) is 18.6 Å². The SMILES string of the molecule is NNc1cc(C(=O)NCCCn2ccnc2)cc(Cl)n1. The summed E-state index contributed by atoms with van der Waals surface area (Å²) in [5.41, 5.74) is 2.78. The van der Waals surface area contributed by atoms with Crippen LogP contribution in [0.2, 0.25) is 5.15 Å². The number of nitrogen functional groups attached to an aromatic ring is 1. The molecule has 2 heterocycles. The summed E-state index contributed by atoms with van der Waals surface area (Å²) >= 11 is 5.80. The van der Waals surface area contributed by atoms with E-state index >= 15 is 0 Å². The summed E-state index contributed by atoms with van der Waals surface area (Å²) in [6.07, 6.45) is 6.15. The van der Waals surface area contributed by atoms with Gasteiger partial charge in [-0.1, -0.05) is 11.6 Å². The lowest BCUT2D eigenvalue weighted by atomic mass is 10.2. The molecule has 4 N–H and O–H groups in total. The van der Waals surface area contributed by atoms with Gasteiger partial charge in [0.2, 0.25) is 0 Å². The largest absolute Gasteiger partial charge is 0.352 e. The quantitative estimate of drug-likeness (QED) is 0.320. The van der Waals surface area contributed by atoms with E-state index in [0.29, 0.717) is 17.9 Å². The van der Waals surface area contributed by atoms with Gasteiger partial charge in [-0.3, -0.25) is 4.79 Å². The lowest BCUT2D eigenvalue weighted by molar-refractivity contribution is 0.0952. The molecule has 0 spiro atoms. The second kappa shape index (κ2) is 6.88. The zero-order valence-corrected chi connectivity index (χ0v) is 11.5. The predicted molar refractivity (Wildman–Crippen MR) is 76.2 cm³/mol. The van der Waals surface area contributed by atoms with Crippen LogP contribution in [0.4, 0.5) is 5.82 Å². The molecule has 0 unspecified atom stereocenters. The van der Waals surface area contributed by atoms with Crippen LogP contribution in [0.3, 0.4) is 0 Å². The Bertz CT molecular complexity index is 571. The van der Waals surface area contributed by atoms with Gasteiger partial charge in [-0.2, -0.15) is 0 Å². The molecule has 0 radical (unpaired) electrons. The van der Waals surface area contributed by atoms with Crippen molar-refractivity contribution in [2.24, 2.45) is 5.84 Å². The predicted octanol–water partition coefficient (Wildman–Crippen LogP) is 1.04. The van der Waals surface area contributed by atoms with Gasteiger partial charge in [0.25, 0.3) is 5.91 Å². The van der Waals surface area contributed by atoms with Crippen LogP contribution in [0.5, 0.6) is 0 Å². The lowest BCUT2D eigenvalue weighted by Crippen LogP contribution is -2.25. The third-order valence-corrected chi connectivity index (χ3v) is 2.84. The number of rotatable bonds is 6. The molecule has 0 saturated carbocycles. The van der Waals surface area contributed by atoms with E-state index in [-0.39, 0.29) is 11.1 Å². The zero-order valence-electron chi connectivity index (χ0n) is 10.7. The van der Waals surface area contributed by atoms with Gasteiger partial charge in [-0.15, -0.1) is 0 Å². The highest BCUT2D eigenvalue weighted by Crippen LogP contribution is 2.13. The number of nitrogens with zero attached hydrogens (tertiary/aromatic N) is 3. The van der Waals surface area contributed by atoms with Crippen LogP contribution in [0.25, 0.3) is 0 Å². The molecule has 0 fully saturated rings. The van der Waals surface area contributed by atoms with E-state index in [9.17, 15) is 4.79 Å². The highest BCUT2D eigenvalue weighted by Gasteiger charge is 2.08. The van der Waals surface area contributed by atoms with E-state index < -0.39 is 0 Å². The van der Waals surface area contributed by atoms with E-state index in [0.717, 1.165) is 13.0 Å². The molecule has 0 aromatic carbocycles. The van der Waals surface area contributed by atoms with Crippen molar-refractivity contribution in [2.45, 2.75) is 13.0 Å². The minimum atomic E-state index is -0.212. The van der Waals surface area contributed by atoms with E-state index in [2.05, 4.69) is 20.7 Å². The zero-order chi connectivity index (χ0) is 14.4. The molecule has 2 rings (SSSR count). The van der Waals surface area contributed by atoms with E-state index in [1.54, 1.807) is 12.5 Å². The fourth-order valence-electron chi connectivity index (χ4n) is 1.69. The Morgan fingerprint density at radius 1 is 1.45 bits per heavy atom. The summed E-state index contributed by atoms with van der Waals surface area (Å²) in [6, 6.07) is 3.03. The van der Waals surface area contributed by atoms with Crippen molar-refractivity contribution in [3.05, 3.63) is 41.6 Å². The summed E-state index contributed by atoms with van der Waals surface area (Å²) in [6.45, 7) is 1.36. The molecule has 7 nitrogen and oxygen atoms in total. The molecular weight excluding hydrogens is 280 g/mol. The highest BCUT2D eigenvalue weighted by atomic mass is 35.5. The Labute approximate surface area is 121 Å². The number of hydrazine groups is 1. The molecule has 0 aliphatic carbocycles. The molecule has 0 aliphatic rings. The van der Waals surface area contributed by atoms with Crippen molar-refractivity contribution in [1.82, 2.24) is 19.9 Å². The Morgan fingerprint density at radius 3 is 3.00 bits per heavy atom. The van der Waals surface area contributed by atoms with Gasteiger partial charge in [0.05, 0.1) is 6.33 Å². The van der Waals surface area contributed by atoms with Gasteiger partial charge >= 0.3 is 0 Å². The Hall–Kier alpha value is -2.12. The first kappa shape index (κ1) is 14.3. The molecule has 0 atom stereocenters. The number of carbonyl (C=O) groups is 1. The fraction of sp³-hybridized carbons (Fsp3) is 0.250. The standard InChI is InChI=1S/C12H15ClN6O/c13-10-6-9(7-11(17-10)18-14)12(20)16-2-1-4-19-5-3-15-8-19/h3,5-8H,1-2,4,14H2,(H,16,20)(H,17,18). The number of hydrogen-bond acceptors (Lipinski definition) is 5. The summed E-state index contributed by atoms with van der Waals surface area (Å²) in [7, 11) is 0. The van der Waals surface area contributed by atoms with Crippen molar-refractivity contribution in [3.8, 4) is 0 Å². The molecule has 0 saturated heterocycles. The minimum Gasteiger partial charge on any atom is -0.352 e. The van der Waals surface area contributed by atoms with Crippen molar-refractivity contribution >= 4 is 23.3 Å². The van der Waals surface area contributed by atoms with Crippen LogP contribution in [0.1, 0.15) is 16.8 Å². The fourth-order valence-corrected chi connectivity index (χ4v) is 1.90. The number of nitrogens with two attached hydrogens (primary N) is 1. The first-order chi connectivity index (χ1) is 9.69. The summed E-state index contributed by atoms with van der Waals surface area (Å²) in [5.74, 6) is 5.39. The lowest BCUT2D eigenvalue weighted by Gasteiger charge is -2.07. The van der Waals surface area contributed by atoms with Gasteiger partial charge in [0.15, 0.2) is 0 Å². The Balaban J connectivity index is 1.83. The third-order valence-electron chi connectivity index (χ3n) is 2.64. The van der Waals surface area contributed by atoms with Crippen LogP contribution in [-0.2, 0) is 6.54 Å². The minimum absolute atomic E-state index is 0.212. The number of pyridine rings is 1. The van der Waals surface area contributed by atoms with Crippen LogP contribution < -0.4 is 16.6 Å². The van der Waals surface area contributed by atoms with Crippen LogP contribution >= 0.6 is 11.6 Å². The molecule has 1 amide bonds. The highest BCUT2D eigenvalue weighted by molar-refractivity contribution is 6.29. The van der Waals surface area contributed by atoms with Gasteiger partial charge in [0.1, 0.15) is 11.0 Å². The topological polar surface area (TPSA) is 97.9 Å². The van der Waals surface area contributed by atoms with Crippen molar-refractivity contribution in [1.29, 1.82) is 0 Å². The number of anilines is 1. The molecule has 20 heavy (non-hydrogen) atoms. The van der Waals surface area contributed by atoms with Crippen molar-refractivity contribution in [3.63, 3.8) is 0 Å². The number of amides is 1. The monoisotopic (exact) mass is 294 g/mol. The van der Waals surface area contributed by atoms with Crippen LogP contribution in [0, 0.1) is 0 Å². The molecule has 2 aromatic rings. The number of nitrogens with one attached hydrogen (secondary N) is 2. The smallest absolute Gasteiger partial charge is 0.251 e. The summed E-state index contributed by atoms with van der Waals surface area (Å²) in [4.78, 5) is 19.8. The van der Waals surface area contributed by atoms with E-state index in [1.807, 2.05) is 10.8 Å². The Kier molecular flexibility index (Phi) is 4.91. The van der Waals surface area contributed by atoms with Gasteiger partial charge in [-0.25, -0.2) is 15.8 Å². The number of halogens is 1. The van der Waals surface area contributed by atoms with Gasteiger partial charge < -0.3 is 15.3 Å². The number of aromatic nitrogens is 3. The molecule has 2 aromatic heterocycles. The third kappa shape index (κ3) is 3.94. The average Bonchev–Trinajstić information content (AvgIpc) is 2.95. The molecule has 0 aliphatic heterocycles. The molecule has 8 heteroatoms. The summed E-state index contributed by atoms with van der Waals surface area (Å²) in [5, 5.41) is 3.02. The van der Waals surface area contributed by atoms with Crippen LogP contribution in [0.15, 0.2) is 30.9 Å². The molecule has 0 bridgehead atoms. The second-order valence-electron chi connectivity index (χ2n) is 4.12. The number of hydrogen-bond donors (Lipinski definition) is 3. The van der Waals surface area contributed by atoms with Crippen molar-refractivity contribution in [2.75, 3.05) is 12.0 Å². The maximum atomic E-state index is 11.9. The number of carbonyl (C=O) groups excluding carboxylic acids is 1. The first-order valence-corrected chi connectivity index (χ1v) is 6.45.